The molecule has 0 aromatic heterocycles. The number of amides is 1. The number of hydrazone groups is 1. The smallest absolute Gasteiger partial charge is 0.339 e. The van der Waals surface area contributed by atoms with E-state index in [4.69, 9.17) is 8.92 Å². The number of methoxy groups -OCH3 is 1. The number of carbonyl (C=O) groups is 1. The van der Waals surface area contributed by atoms with Crippen molar-refractivity contribution in [1.82, 2.24) is 0 Å². The van der Waals surface area contributed by atoms with Crippen molar-refractivity contribution in [3.05, 3.63) is 126 Å². The fraction of sp³-hybridized carbons (Fsp3) is 0.0345. The lowest BCUT2D eigenvalue weighted by atomic mass is 10.00. The number of benzene rings is 4. The Morgan fingerprint density at radius 2 is 1.41 bits per heavy atom. The predicted octanol–water partition coefficient (Wildman–Crippen LogP) is 5.30. The molecule has 1 amide bonds. The summed E-state index contributed by atoms with van der Waals surface area (Å²) in [6, 6.07) is 31.3. The van der Waals surface area contributed by atoms with Gasteiger partial charge in [-0.3, -0.25) is 4.79 Å². The minimum atomic E-state index is -4.05. The molecule has 0 fully saturated rings. The molecule has 0 saturated heterocycles. The van der Waals surface area contributed by atoms with Crippen LogP contribution >= 0.6 is 0 Å². The normalized spacial score (nSPS) is 14.5. The Morgan fingerprint density at radius 1 is 0.784 bits per heavy atom. The molecule has 7 nitrogen and oxygen atoms in total. The maximum atomic E-state index is 13.5. The van der Waals surface area contributed by atoms with Crippen LogP contribution in [0.3, 0.4) is 0 Å². The van der Waals surface area contributed by atoms with Gasteiger partial charge in [0.1, 0.15) is 10.6 Å². The van der Waals surface area contributed by atoms with Gasteiger partial charge in [-0.05, 0) is 48.0 Å². The van der Waals surface area contributed by atoms with Crippen molar-refractivity contribution in [1.29, 1.82) is 0 Å². The van der Waals surface area contributed by atoms with Gasteiger partial charge in [0.05, 0.1) is 18.4 Å². The molecule has 4 aromatic rings. The summed E-state index contributed by atoms with van der Waals surface area (Å²) < 4.78 is 36.1. The zero-order valence-electron chi connectivity index (χ0n) is 19.8. The van der Waals surface area contributed by atoms with E-state index in [0.717, 1.165) is 5.56 Å². The van der Waals surface area contributed by atoms with Gasteiger partial charge in [0.2, 0.25) is 0 Å². The number of anilines is 1. The van der Waals surface area contributed by atoms with E-state index in [2.05, 4.69) is 5.10 Å². The molecule has 0 unspecified atom stereocenters. The molecule has 8 heteroatoms. The molecule has 37 heavy (non-hydrogen) atoms. The van der Waals surface area contributed by atoms with Crippen LogP contribution in [0.1, 0.15) is 11.1 Å². The molecule has 0 atom stereocenters. The van der Waals surface area contributed by atoms with Crippen molar-refractivity contribution < 1.29 is 22.1 Å². The zero-order valence-corrected chi connectivity index (χ0v) is 20.6. The van der Waals surface area contributed by atoms with Gasteiger partial charge >= 0.3 is 10.1 Å². The Labute approximate surface area is 215 Å². The molecule has 4 aromatic carbocycles. The highest BCUT2D eigenvalue weighted by Crippen LogP contribution is 2.33. The minimum Gasteiger partial charge on any atom is -0.493 e. The van der Waals surface area contributed by atoms with Gasteiger partial charge in [-0.25, -0.2) is 0 Å². The quantitative estimate of drug-likeness (QED) is 0.249. The van der Waals surface area contributed by atoms with Crippen LogP contribution in [0.5, 0.6) is 11.5 Å². The molecule has 0 saturated carbocycles. The zero-order chi connectivity index (χ0) is 25.8. The van der Waals surface area contributed by atoms with Crippen molar-refractivity contribution in [2.24, 2.45) is 5.10 Å². The first kappa shape index (κ1) is 24.0. The topological polar surface area (TPSA) is 85.3 Å². The van der Waals surface area contributed by atoms with Gasteiger partial charge in [0.15, 0.2) is 11.5 Å². The van der Waals surface area contributed by atoms with Crippen LogP contribution in [0.25, 0.3) is 6.08 Å². The third-order valence-electron chi connectivity index (χ3n) is 5.66. The summed E-state index contributed by atoms with van der Waals surface area (Å²) >= 11 is 0. The summed E-state index contributed by atoms with van der Waals surface area (Å²) in [6.45, 7) is 0. The molecule has 0 N–H and O–H groups in total. The Morgan fingerprint density at radius 3 is 2.05 bits per heavy atom. The van der Waals surface area contributed by atoms with Crippen molar-refractivity contribution in [2.45, 2.75) is 4.90 Å². The van der Waals surface area contributed by atoms with E-state index in [1.165, 1.54) is 30.3 Å². The van der Waals surface area contributed by atoms with Crippen LogP contribution < -0.4 is 13.9 Å². The molecule has 0 radical (unpaired) electrons. The lowest BCUT2D eigenvalue weighted by molar-refractivity contribution is -0.114. The molecule has 184 valence electrons. The largest absolute Gasteiger partial charge is 0.493 e. The Bertz CT molecular complexity index is 1600. The van der Waals surface area contributed by atoms with Gasteiger partial charge in [0, 0.05) is 5.56 Å². The molecule has 0 bridgehead atoms. The maximum absolute atomic E-state index is 13.5. The third kappa shape index (κ3) is 5.00. The molecule has 0 aliphatic carbocycles. The highest BCUT2D eigenvalue weighted by molar-refractivity contribution is 7.87. The van der Waals surface area contributed by atoms with Crippen LogP contribution in [0.15, 0.2) is 125 Å². The monoisotopic (exact) mass is 510 g/mol. The summed E-state index contributed by atoms with van der Waals surface area (Å²) in [5.41, 5.74) is 2.98. The van der Waals surface area contributed by atoms with Crippen LogP contribution in [-0.4, -0.2) is 27.1 Å². The number of carbonyl (C=O) groups excluding carboxylic acids is 1. The van der Waals surface area contributed by atoms with E-state index in [-0.39, 0.29) is 22.3 Å². The number of hydrogen-bond donors (Lipinski definition) is 0. The summed E-state index contributed by atoms with van der Waals surface area (Å²) in [5, 5.41) is 6.00. The highest BCUT2D eigenvalue weighted by atomic mass is 32.2. The Kier molecular flexibility index (Phi) is 6.57. The maximum Gasteiger partial charge on any atom is 0.339 e. The van der Waals surface area contributed by atoms with E-state index in [9.17, 15) is 13.2 Å². The van der Waals surface area contributed by atoms with Crippen LogP contribution in [-0.2, 0) is 14.9 Å². The summed E-state index contributed by atoms with van der Waals surface area (Å²) in [5.74, 6) is -0.0393. The summed E-state index contributed by atoms with van der Waals surface area (Å²) in [7, 11) is -2.63. The van der Waals surface area contributed by atoms with E-state index in [1.54, 1.807) is 36.4 Å². The lowest BCUT2D eigenvalue weighted by Gasteiger charge is -2.12. The second-order valence-electron chi connectivity index (χ2n) is 8.09. The van der Waals surface area contributed by atoms with E-state index >= 15 is 0 Å². The van der Waals surface area contributed by atoms with Gasteiger partial charge in [-0.15, -0.1) is 0 Å². The second kappa shape index (κ2) is 10.1. The van der Waals surface area contributed by atoms with Gasteiger partial charge < -0.3 is 8.92 Å². The first-order valence-electron chi connectivity index (χ1n) is 11.4. The van der Waals surface area contributed by atoms with E-state index in [1.807, 2.05) is 60.7 Å². The van der Waals surface area contributed by atoms with Gasteiger partial charge in [-0.1, -0.05) is 72.8 Å². The Balaban J connectivity index is 1.52. The predicted molar refractivity (Wildman–Crippen MR) is 142 cm³/mol. The van der Waals surface area contributed by atoms with Crippen molar-refractivity contribution in [2.75, 3.05) is 12.1 Å². The van der Waals surface area contributed by atoms with E-state index < -0.39 is 10.1 Å². The van der Waals surface area contributed by atoms with Crippen LogP contribution in [0, 0.1) is 0 Å². The minimum absolute atomic E-state index is 0.0320. The fourth-order valence-electron chi connectivity index (χ4n) is 3.86. The molecule has 1 aliphatic heterocycles. The average Bonchev–Trinajstić information content (AvgIpc) is 3.26. The fourth-order valence-corrected chi connectivity index (χ4v) is 4.82. The van der Waals surface area contributed by atoms with Crippen molar-refractivity contribution in [3.63, 3.8) is 0 Å². The number of nitrogens with zero attached hydrogens (tertiary/aromatic N) is 2. The Hall–Kier alpha value is -4.69. The van der Waals surface area contributed by atoms with Crippen LogP contribution in [0.2, 0.25) is 0 Å². The molecule has 5 rings (SSSR count). The van der Waals surface area contributed by atoms with Gasteiger partial charge in [-0.2, -0.15) is 18.5 Å². The molecule has 0 spiro atoms. The first-order valence-corrected chi connectivity index (χ1v) is 12.8. The lowest BCUT2D eigenvalue weighted by Crippen LogP contribution is -2.21. The number of rotatable bonds is 7. The summed E-state index contributed by atoms with van der Waals surface area (Å²) in [4.78, 5) is 13.5. The van der Waals surface area contributed by atoms with Crippen molar-refractivity contribution >= 4 is 33.5 Å². The second-order valence-corrected chi connectivity index (χ2v) is 9.63. The molecule has 1 heterocycles. The molecule has 1 aliphatic rings. The summed E-state index contributed by atoms with van der Waals surface area (Å²) in [6.07, 6.45) is 1.70. The number of hydrogen-bond acceptors (Lipinski definition) is 6. The molecular weight excluding hydrogens is 488 g/mol. The number of ether oxygens (including phenoxy) is 1. The van der Waals surface area contributed by atoms with Crippen LogP contribution in [0.4, 0.5) is 5.69 Å². The standard InChI is InChI=1S/C29H22N2O5S/c1-35-27-20-21(17-18-26(27)36-37(33,34)24-15-9-4-10-16-24)19-25-28(22-11-5-2-6-12-22)30-31(29(25)32)23-13-7-3-8-14-23/h2-20H,1H3/b25-19-. The SMILES string of the molecule is COc1cc(/C=C2\C(=O)N(c3ccccc3)N=C2c2ccccc2)ccc1OS(=O)(=O)c1ccccc1. The highest BCUT2D eigenvalue weighted by Gasteiger charge is 2.32. The first-order chi connectivity index (χ1) is 18.0. The molecular formula is C29H22N2O5S. The number of para-hydroxylation sites is 1. The average molecular weight is 511 g/mol. The van der Waals surface area contributed by atoms with Gasteiger partial charge in [0.25, 0.3) is 5.91 Å². The van der Waals surface area contributed by atoms with Crippen molar-refractivity contribution in [3.8, 4) is 11.5 Å². The third-order valence-corrected chi connectivity index (χ3v) is 6.90. The van der Waals surface area contributed by atoms with E-state index in [0.29, 0.717) is 22.5 Å².